The van der Waals surface area contributed by atoms with Crippen molar-refractivity contribution in [3.63, 3.8) is 0 Å². The second-order valence-electron chi connectivity index (χ2n) is 4.65. The SMILES string of the molecule is COc1cccc2ccc(C=Cc3ccc(F)cc3)nc12. The van der Waals surface area contributed by atoms with E-state index in [0.29, 0.717) is 0 Å². The Kier molecular flexibility index (Phi) is 3.65. The Labute approximate surface area is 122 Å². The Hall–Kier alpha value is -2.68. The number of methoxy groups -OCH3 is 1. The molecule has 0 fully saturated rings. The molecule has 1 heterocycles. The average molecular weight is 279 g/mol. The highest BCUT2D eigenvalue weighted by Gasteiger charge is 2.02. The molecule has 2 aromatic carbocycles. The third-order valence-corrected chi connectivity index (χ3v) is 3.24. The molecule has 21 heavy (non-hydrogen) atoms. The first kappa shape index (κ1) is 13.3. The molecule has 0 aliphatic rings. The van der Waals surface area contributed by atoms with Crippen molar-refractivity contribution in [3.05, 3.63) is 71.7 Å². The predicted molar refractivity (Wildman–Crippen MR) is 83.6 cm³/mol. The first-order chi connectivity index (χ1) is 10.3. The van der Waals surface area contributed by atoms with E-state index in [2.05, 4.69) is 4.98 Å². The maximum atomic E-state index is 12.9. The summed E-state index contributed by atoms with van der Waals surface area (Å²) in [5.74, 6) is 0.519. The molecule has 0 unspecified atom stereocenters. The van der Waals surface area contributed by atoms with Gasteiger partial charge in [-0.05, 0) is 35.9 Å². The lowest BCUT2D eigenvalue weighted by Crippen LogP contribution is -1.89. The number of fused-ring (bicyclic) bond motifs is 1. The molecule has 0 atom stereocenters. The molecule has 0 aliphatic heterocycles. The molecule has 0 spiro atoms. The van der Waals surface area contributed by atoms with Gasteiger partial charge in [0.05, 0.1) is 12.8 Å². The second-order valence-corrected chi connectivity index (χ2v) is 4.65. The summed E-state index contributed by atoms with van der Waals surface area (Å²) in [6.45, 7) is 0. The minimum Gasteiger partial charge on any atom is -0.494 e. The number of benzene rings is 2. The Bertz CT molecular complexity index is 794. The summed E-state index contributed by atoms with van der Waals surface area (Å²) < 4.78 is 18.2. The standard InChI is InChI=1S/C18H14FNO/c1-21-17-4-2-3-14-8-12-16(20-18(14)17)11-7-13-5-9-15(19)10-6-13/h2-12H,1H3. The Morgan fingerprint density at radius 3 is 2.52 bits per heavy atom. The molecule has 0 saturated carbocycles. The zero-order valence-electron chi connectivity index (χ0n) is 11.6. The largest absolute Gasteiger partial charge is 0.494 e. The summed E-state index contributed by atoms with van der Waals surface area (Å²) in [5.41, 5.74) is 2.59. The lowest BCUT2D eigenvalue weighted by Gasteiger charge is -2.05. The Morgan fingerprint density at radius 1 is 0.952 bits per heavy atom. The van der Waals surface area contributed by atoms with E-state index in [-0.39, 0.29) is 5.82 Å². The van der Waals surface area contributed by atoms with E-state index in [1.165, 1.54) is 12.1 Å². The molecular formula is C18H14FNO. The van der Waals surface area contributed by atoms with Crippen molar-refractivity contribution in [1.82, 2.24) is 4.98 Å². The number of aromatic nitrogens is 1. The van der Waals surface area contributed by atoms with Crippen LogP contribution in [0.4, 0.5) is 4.39 Å². The van der Waals surface area contributed by atoms with E-state index in [4.69, 9.17) is 4.74 Å². The van der Waals surface area contributed by atoms with Gasteiger partial charge in [0.15, 0.2) is 0 Å². The molecule has 0 radical (unpaired) electrons. The van der Waals surface area contributed by atoms with Crippen LogP contribution < -0.4 is 4.74 Å². The molecule has 0 aliphatic carbocycles. The topological polar surface area (TPSA) is 22.1 Å². The Morgan fingerprint density at radius 2 is 1.76 bits per heavy atom. The van der Waals surface area contributed by atoms with Crippen molar-refractivity contribution in [2.24, 2.45) is 0 Å². The van der Waals surface area contributed by atoms with Crippen molar-refractivity contribution in [3.8, 4) is 5.75 Å². The van der Waals surface area contributed by atoms with Gasteiger partial charge in [0.2, 0.25) is 0 Å². The number of para-hydroxylation sites is 1. The molecule has 3 rings (SSSR count). The highest BCUT2D eigenvalue weighted by molar-refractivity contribution is 5.86. The molecule has 104 valence electrons. The van der Waals surface area contributed by atoms with Gasteiger partial charge in [0, 0.05) is 5.39 Å². The minimum absolute atomic E-state index is 0.235. The van der Waals surface area contributed by atoms with Crippen LogP contribution in [0.1, 0.15) is 11.3 Å². The van der Waals surface area contributed by atoms with Gasteiger partial charge in [-0.3, -0.25) is 0 Å². The summed E-state index contributed by atoms with van der Waals surface area (Å²) in [4.78, 5) is 4.59. The van der Waals surface area contributed by atoms with Crippen LogP contribution in [0, 0.1) is 5.82 Å². The van der Waals surface area contributed by atoms with E-state index in [9.17, 15) is 4.39 Å². The van der Waals surface area contributed by atoms with E-state index in [1.54, 1.807) is 19.2 Å². The van der Waals surface area contributed by atoms with Crippen LogP contribution in [0.25, 0.3) is 23.1 Å². The lowest BCUT2D eigenvalue weighted by atomic mass is 10.1. The fourth-order valence-corrected chi connectivity index (χ4v) is 2.15. The zero-order chi connectivity index (χ0) is 14.7. The van der Waals surface area contributed by atoms with Crippen LogP contribution >= 0.6 is 0 Å². The highest BCUT2D eigenvalue weighted by atomic mass is 19.1. The van der Waals surface area contributed by atoms with Crippen LogP contribution in [0.2, 0.25) is 0 Å². The molecular weight excluding hydrogens is 265 g/mol. The number of halogens is 1. The number of ether oxygens (including phenoxy) is 1. The molecule has 0 saturated heterocycles. The number of hydrogen-bond donors (Lipinski definition) is 0. The van der Waals surface area contributed by atoms with Crippen molar-refractivity contribution < 1.29 is 9.13 Å². The number of hydrogen-bond acceptors (Lipinski definition) is 2. The van der Waals surface area contributed by atoms with Gasteiger partial charge >= 0.3 is 0 Å². The molecule has 0 amide bonds. The molecule has 0 N–H and O–H groups in total. The average Bonchev–Trinajstić information content (AvgIpc) is 2.53. The summed E-state index contributed by atoms with van der Waals surface area (Å²) in [6.07, 6.45) is 3.81. The summed E-state index contributed by atoms with van der Waals surface area (Å²) in [5, 5.41) is 1.04. The maximum Gasteiger partial charge on any atom is 0.145 e. The quantitative estimate of drug-likeness (QED) is 0.701. The summed E-state index contributed by atoms with van der Waals surface area (Å²) >= 11 is 0. The van der Waals surface area contributed by atoms with Crippen LogP contribution in [-0.4, -0.2) is 12.1 Å². The van der Waals surface area contributed by atoms with Crippen molar-refractivity contribution >= 4 is 23.1 Å². The van der Waals surface area contributed by atoms with E-state index in [1.807, 2.05) is 42.5 Å². The Balaban J connectivity index is 1.95. The third-order valence-electron chi connectivity index (χ3n) is 3.24. The molecule has 3 heteroatoms. The van der Waals surface area contributed by atoms with Gasteiger partial charge in [-0.1, -0.05) is 36.4 Å². The second kappa shape index (κ2) is 5.75. The number of rotatable bonds is 3. The van der Waals surface area contributed by atoms with Gasteiger partial charge in [-0.15, -0.1) is 0 Å². The van der Waals surface area contributed by atoms with Gasteiger partial charge in [0.25, 0.3) is 0 Å². The lowest BCUT2D eigenvalue weighted by molar-refractivity contribution is 0.419. The van der Waals surface area contributed by atoms with Crippen LogP contribution in [0.15, 0.2) is 54.6 Å². The van der Waals surface area contributed by atoms with Gasteiger partial charge in [-0.25, -0.2) is 9.37 Å². The van der Waals surface area contributed by atoms with E-state index >= 15 is 0 Å². The first-order valence-corrected chi connectivity index (χ1v) is 6.64. The highest BCUT2D eigenvalue weighted by Crippen LogP contribution is 2.24. The van der Waals surface area contributed by atoms with Gasteiger partial charge < -0.3 is 4.74 Å². The van der Waals surface area contributed by atoms with Crippen molar-refractivity contribution in [1.29, 1.82) is 0 Å². The first-order valence-electron chi connectivity index (χ1n) is 6.64. The fourth-order valence-electron chi connectivity index (χ4n) is 2.15. The molecule has 0 bridgehead atoms. The molecule has 1 aromatic heterocycles. The van der Waals surface area contributed by atoms with E-state index in [0.717, 1.165) is 27.9 Å². The van der Waals surface area contributed by atoms with Crippen LogP contribution in [-0.2, 0) is 0 Å². The number of pyridine rings is 1. The fraction of sp³-hybridized carbons (Fsp3) is 0.0556. The monoisotopic (exact) mass is 279 g/mol. The summed E-state index contributed by atoms with van der Waals surface area (Å²) in [7, 11) is 1.64. The molecule has 2 nitrogen and oxygen atoms in total. The smallest absolute Gasteiger partial charge is 0.145 e. The minimum atomic E-state index is -0.235. The van der Waals surface area contributed by atoms with Crippen LogP contribution in [0.5, 0.6) is 5.75 Å². The maximum absolute atomic E-state index is 12.9. The molecule has 3 aromatic rings. The van der Waals surface area contributed by atoms with Crippen molar-refractivity contribution in [2.75, 3.05) is 7.11 Å². The zero-order valence-corrected chi connectivity index (χ0v) is 11.6. The van der Waals surface area contributed by atoms with Crippen molar-refractivity contribution in [2.45, 2.75) is 0 Å². The van der Waals surface area contributed by atoms with E-state index < -0.39 is 0 Å². The van der Waals surface area contributed by atoms with Gasteiger partial charge in [0.1, 0.15) is 17.1 Å². The van der Waals surface area contributed by atoms with Crippen LogP contribution in [0.3, 0.4) is 0 Å². The number of nitrogens with zero attached hydrogens (tertiary/aromatic N) is 1. The van der Waals surface area contributed by atoms with Gasteiger partial charge in [-0.2, -0.15) is 0 Å². The normalized spacial score (nSPS) is 11.1. The predicted octanol–water partition coefficient (Wildman–Crippen LogP) is 4.55. The summed E-state index contributed by atoms with van der Waals surface area (Å²) in [6, 6.07) is 16.1. The third kappa shape index (κ3) is 2.92.